The van der Waals surface area contributed by atoms with Crippen molar-refractivity contribution in [3.8, 4) is 0 Å². The summed E-state index contributed by atoms with van der Waals surface area (Å²) in [6.45, 7) is 2.37. The molecule has 0 radical (unpaired) electrons. The molecule has 6 heteroatoms. The van der Waals surface area contributed by atoms with E-state index in [4.69, 9.17) is 0 Å². The minimum Gasteiger partial charge on any atom is -0.355 e. The molecule has 0 bridgehead atoms. The number of nitrogens with one attached hydrogen (secondary N) is 2. The van der Waals surface area contributed by atoms with Gasteiger partial charge in [0.25, 0.3) is 11.8 Å². The summed E-state index contributed by atoms with van der Waals surface area (Å²) in [5.74, 6) is -0.232. The molecule has 2 amide bonds. The van der Waals surface area contributed by atoms with E-state index in [0.29, 0.717) is 17.8 Å². The van der Waals surface area contributed by atoms with Gasteiger partial charge in [-0.25, -0.2) is 0 Å². The number of nitrogens with two attached hydrogens (primary N) is 1. The number of rotatable bonds is 7. The molecular formula is C22H24N3O2S+. The molecule has 144 valence electrons. The zero-order valence-corrected chi connectivity index (χ0v) is 16.8. The second kappa shape index (κ2) is 9.30. The number of anilines is 1. The molecule has 0 spiro atoms. The lowest BCUT2D eigenvalue weighted by Gasteiger charge is -2.15. The fourth-order valence-electron chi connectivity index (χ4n) is 2.94. The Morgan fingerprint density at radius 1 is 1.04 bits per heavy atom. The van der Waals surface area contributed by atoms with Crippen LogP contribution in [0.25, 0.3) is 0 Å². The van der Waals surface area contributed by atoms with E-state index in [-0.39, 0.29) is 17.9 Å². The number of thiophene rings is 1. The van der Waals surface area contributed by atoms with Crippen molar-refractivity contribution >= 4 is 28.8 Å². The van der Waals surface area contributed by atoms with Crippen molar-refractivity contribution in [1.82, 2.24) is 5.32 Å². The molecule has 1 heterocycles. The molecule has 28 heavy (non-hydrogen) atoms. The number of carbonyl (C=O) groups is 2. The maximum absolute atomic E-state index is 12.4. The zero-order chi connectivity index (χ0) is 19.9. The van der Waals surface area contributed by atoms with E-state index in [1.807, 2.05) is 11.4 Å². The second-order valence-corrected chi connectivity index (χ2v) is 7.53. The first kappa shape index (κ1) is 19.8. The van der Waals surface area contributed by atoms with Crippen LogP contribution < -0.4 is 16.0 Å². The monoisotopic (exact) mass is 394 g/mol. The predicted molar refractivity (Wildman–Crippen MR) is 113 cm³/mol. The van der Waals surface area contributed by atoms with Crippen LogP contribution in [0.5, 0.6) is 0 Å². The normalized spacial score (nSPS) is 11.6. The average molecular weight is 395 g/mol. The Morgan fingerprint density at radius 3 is 2.36 bits per heavy atom. The van der Waals surface area contributed by atoms with E-state index in [2.05, 4.69) is 53.3 Å². The van der Waals surface area contributed by atoms with Crippen molar-refractivity contribution in [2.45, 2.75) is 13.0 Å². The van der Waals surface area contributed by atoms with E-state index >= 15 is 0 Å². The van der Waals surface area contributed by atoms with Gasteiger partial charge in [0, 0.05) is 23.9 Å². The standard InChI is InChI=1S/C22H23N3O2S/c1-15-5-7-16(8-6-15)21(19-4-3-13-28-19)24-14-20(26)25-18-11-9-17(10-12-18)22(27)23-2/h3-13,21,24H,14H2,1-2H3,(H,23,27)(H,25,26)/p+1/t21-/m0/s1. The van der Waals surface area contributed by atoms with Crippen LogP contribution in [0.4, 0.5) is 5.69 Å². The highest BCUT2D eigenvalue weighted by molar-refractivity contribution is 7.10. The lowest BCUT2D eigenvalue weighted by atomic mass is 10.0. The van der Waals surface area contributed by atoms with E-state index < -0.39 is 0 Å². The molecular weight excluding hydrogens is 370 g/mol. The van der Waals surface area contributed by atoms with Gasteiger partial charge in [0.2, 0.25) is 0 Å². The van der Waals surface area contributed by atoms with Gasteiger partial charge in [0.05, 0.1) is 4.88 Å². The average Bonchev–Trinajstić information content (AvgIpc) is 3.24. The molecule has 0 aliphatic rings. The van der Waals surface area contributed by atoms with Gasteiger partial charge in [-0.05, 0) is 42.6 Å². The number of hydrogen-bond donors (Lipinski definition) is 3. The summed E-state index contributed by atoms with van der Waals surface area (Å²) in [4.78, 5) is 25.2. The first-order valence-electron chi connectivity index (χ1n) is 9.12. The van der Waals surface area contributed by atoms with Crippen molar-refractivity contribution in [1.29, 1.82) is 0 Å². The maximum Gasteiger partial charge on any atom is 0.279 e. The lowest BCUT2D eigenvalue weighted by molar-refractivity contribution is -0.675. The molecule has 4 N–H and O–H groups in total. The number of quaternary nitrogens is 1. The third kappa shape index (κ3) is 5.06. The number of hydrogen-bond acceptors (Lipinski definition) is 3. The molecule has 5 nitrogen and oxygen atoms in total. The molecule has 0 fully saturated rings. The number of benzene rings is 2. The summed E-state index contributed by atoms with van der Waals surface area (Å²) >= 11 is 1.69. The van der Waals surface area contributed by atoms with Gasteiger partial charge in [-0.1, -0.05) is 35.9 Å². The molecule has 0 unspecified atom stereocenters. The number of amides is 2. The number of carbonyl (C=O) groups excluding carboxylic acids is 2. The van der Waals surface area contributed by atoms with Crippen LogP contribution in [0.1, 0.15) is 32.4 Å². The highest BCUT2D eigenvalue weighted by Gasteiger charge is 2.20. The first-order valence-corrected chi connectivity index (χ1v) is 10.00. The van der Waals surface area contributed by atoms with Gasteiger partial charge in [-0.2, -0.15) is 0 Å². The smallest absolute Gasteiger partial charge is 0.279 e. The maximum atomic E-state index is 12.4. The highest BCUT2D eigenvalue weighted by Crippen LogP contribution is 2.23. The Labute approximate surface area is 168 Å². The predicted octanol–water partition coefficient (Wildman–Crippen LogP) is 2.71. The Hall–Kier alpha value is -2.96. The summed E-state index contributed by atoms with van der Waals surface area (Å²) < 4.78 is 0. The molecule has 2 aromatic carbocycles. The van der Waals surface area contributed by atoms with Crippen molar-refractivity contribution in [3.05, 3.63) is 87.6 Å². The molecule has 3 rings (SSSR count). The zero-order valence-electron chi connectivity index (χ0n) is 15.9. The van der Waals surface area contributed by atoms with Crippen molar-refractivity contribution in [3.63, 3.8) is 0 Å². The van der Waals surface area contributed by atoms with Crippen molar-refractivity contribution in [2.75, 3.05) is 18.9 Å². The van der Waals surface area contributed by atoms with Crippen LogP contribution in [-0.2, 0) is 4.79 Å². The van der Waals surface area contributed by atoms with Gasteiger partial charge < -0.3 is 16.0 Å². The first-order chi connectivity index (χ1) is 13.6. The van der Waals surface area contributed by atoms with Crippen LogP contribution in [0.2, 0.25) is 0 Å². The molecule has 0 aliphatic heterocycles. The lowest BCUT2D eigenvalue weighted by Crippen LogP contribution is -2.87. The Bertz CT molecular complexity index is 919. The van der Waals surface area contributed by atoms with Gasteiger partial charge in [0.1, 0.15) is 6.04 Å². The topological polar surface area (TPSA) is 74.8 Å². The summed E-state index contributed by atoms with van der Waals surface area (Å²) in [7, 11) is 1.59. The van der Waals surface area contributed by atoms with Crippen LogP contribution in [-0.4, -0.2) is 25.4 Å². The fourth-order valence-corrected chi connectivity index (χ4v) is 3.80. The minimum atomic E-state index is -0.150. The summed E-state index contributed by atoms with van der Waals surface area (Å²) in [5.41, 5.74) is 3.63. The molecule has 0 saturated heterocycles. The van der Waals surface area contributed by atoms with E-state index in [9.17, 15) is 9.59 Å². The third-order valence-electron chi connectivity index (χ3n) is 4.48. The fraction of sp³-hybridized carbons (Fsp3) is 0.182. The minimum absolute atomic E-state index is 0.0821. The SMILES string of the molecule is CNC(=O)c1ccc(NC(=O)C[NH2+][C@@H](c2ccc(C)cc2)c2cccs2)cc1. The van der Waals surface area contributed by atoms with Crippen molar-refractivity contribution in [2.24, 2.45) is 0 Å². The molecule has 3 aromatic rings. The summed E-state index contributed by atoms with van der Waals surface area (Å²) in [6, 6.07) is 19.5. The Kier molecular flexibility index (Phi) is 6.57. The van der Waals surface area contributed by atoms with E-state index in [1.54, 1.807) is 42.6 Å². The Balaban J connectivity index is 1.64. The molecule has 0 saturated carbocycles. The van der Waals surface area contributed by atoms with E-state index in [1.165, 1.54) is 16.0 Å². The summed E-state index contributed by atoms with van der Waals surface area (Å²) in [5, 5.41) is 9.57. The largest absolute Gasteiger partial charge is 0.355 e. The van der Waals surface area contributed by atoms with Crippen LogP contribution in [0.15, 0.2) is 66.0 Å². The van der Waals surface area contributed by atoms with Gasteiger partial charge in [-0.15, -0.1) is 11.3 Å². The van der Waals surface area contributed by atoms with Gasteiger partial charge in [-0.3, -0.25) is 9.59 Å². The molecule has 1 atom stereocenters. The van der Waals surface area contributed by atoms with Crippen LogP contribution >= 0.6 is 11.3 Å². The second-order valence-electron chi connectivity index (χ2n) is 6.55. The Morgan fingerprint density at radius 2 is 1.75 bits per heavy atom. The van der Waals surface area contributed by atoms with Gasteiger partial charge in [0.15, 0.2) is 6.54 Å². The van der Waals surface area contributed by atoms with E-state index in [0.717, 1.165) is 0 Å². The van der Waals surface area contributed by atoms with Gasteiger partial charge >= 0.3 is 0 Å². The van der Waals surface area contributed by atoms with Crippen molar-refractivity contribution < 1.29 is 14.9 Å². The summed E-state index contributed by atoms with van der Waals surface area (Å²) in [6.07, 6.45) is 0. The highest BCUT2D eigenvalue weighted by atomic mass is 32.1. The molecule has 0 aliphatic carbocycles. The third-order valence-corrected chi connectivity index (χ3v) is 5.44. The van der Waals surface area contributed by atoms with Crippen LogP contribution in [0, 0.1) is 6.92 Å². The van der Waals surface area contributed by atoms with Crippen LogP contribution in [0.3, 0.4) is 0 Å². The molecule has 1 aromatic heterocycles. The quantitative estimate of drug-likeness (QED) is 0.576. The number of aryl methyl sites for hydroxylation is 1.